The molecule has 2 aromatic carbocycles. The van der Waals surface area contributed by atoms with Gasteiger partial charge in [0.2, 0.25) is 41.1 Å². The van der Waals surface area contributed by atoms with E-state index in [0.717, 1.165) is 18.5 Å². The molecular formula is C37H49F5N5O14PS. The van der Waals surface area contributed by atoms with Crippen LogP contribution in [-0.2, 0) is 46.0 Å². The van der Waals surface area contributed by atoms with Crippen molar-refractivity contribution in [2.75, 3.05) is 70.9 Å². The summed E-state index contributed by atoms with van der Waals surface area (Å²) in [5, 5.41) is 45.5. The van der Waals surface area contributed by atoms with E-state index in [0.29, 0.717) is 50.1 Å². The van der Waals surface area contributed by atoms with E-state index in [-0.39, 0.29) is 45.2 Å². The van der Waals surface area contributed by atoms with Crippen molar-refractivity contribution in [2.24, 2.45) is 0 Å². The minimum absolute atomic E-state index is 0.0534. The highest BCUT2D eigenvalue weighted by molar-refractivity contribution is 7.80. The highest BCUT2D eigenvalue weighted by atomic mass is 32.1. The van der Waals surface area contributed by atoms with Gasteiger partial charge in [-0.2, -0.15) is 8.78 Å². The largest absolute Gasteiger partial charge is 0.462 e. The number of nitrogens with zero attached hydrogens (tertiary/aromatic N) is 3. The number of halogens is 5. The number of anilines is 1. The van der Waals surface area contributed by atoms with Gasteiger partial charge in [-0.25, -0.2) is 17.9 Å². The van der Waals surface area contributed by atoms with Gasteiger partial charge in [-0.3, -0.25) is 9.36 Å². The lowest BCUT2D eigenvalue weighted by molar-refractivity contribution is -0.272. The molecule has 63 heavy (non-hydrogen) atoms. The number of ether oxygens (including phenoxy) is 7. The molecular weight excluding hydrogens is 896 g/mol. The summed E-state index contributed by atoms with van der Waals surface area (Å²) in [6, 6.07) is 6.45. The summed E-state index contributed by atoms with van der Waals surface area (Å²) < 4.78 is 116. The second-order valence-electron chi connectivity index (χ2n) is 13.7. The minimum atomic E-state index is -4.38. The average Bonchev–Trinajstić information content (AvgIpc) is 3.71. The number of rotatable bonds is 27. The fourth-order valence-electron chi connectivity index (χ4n) is 5.58. The summed E-state index contributed by atoms with van der Waals surface area (Å²) >= 11 is 5.37. The van der Waals surface area contributed by atoms with Crippen LogP contribution in [0.1, 0.15) is 31.4 Å². The summed E-state index contributed by atoms with van der Waals surface area (Å²) in [5.74, 6) is -14.0. The number of aryl methyl sites for hydroxylation is 1. The van der Waals surface area contributed by atoms with Crippen LogP contribution in [0, 0.1) is 29.1 Å². The van der Waals surface area contributed by atoms with Crippen LogP contribution >= 0.6 is 19.8 Å². The third kappa shape index (κ3) is 17.5. The average molecular weight is 946 g/mol. The molecule has 1 aromatic heterocycles. The Morgan fingerprint density at radius 2 is 1.40 bits per heavy atom. The zero-order chi connectivity index (χ0) is 45.9. The number of nitrogens with one attached hydrogen (secondary N) is 2. The van der Waals surface area contributed by atoms with E-state index in [1.165, 1.54) is 0 Å². The molecule has 26 heteroatoms. The second-order valence-corrected chi connectivity index (χ2v) is 15.9. The Kier molecular flexibility index (Phi) is 21.4. The first-order valence-electron chi connectivity index (χ1n) is 19.5. The number of thiocarbonyl (C=S) groups is 1. The van der Waals surface area contributed by atoms with E-state index < -0.39 is 91.7 Å². The molecule has 1 saturated heterocycles. The summed E-state index contributed by atoms with van der Waals surface area (Å²) in [7, 11) is -4.38. The number of carbonyl (C=O) groups excluding carboxylic acids is 1. The highest BCUT2D eigenvalue weighted by Crippen LogP contribution is 2.37. The smallest absolute Gasteiger partial charge is 0.325 e. The van der Waals surface area contributed by atoms with Gasteiger partial charge < -0.3 is 68.9 Å². The third-order valence-corrected chi connectivity index (χ3v) is 9.97. The highest BCUT2D eigenvalue weighted by Gasteiger charge is 2.45. The van der Waals surface area contributed by atoms with E-state index >= 15 is 0 Å². The zero-order valence-electron chi connectivity index (χ0n) is 33.6. The van der Waals surface area contributed by atoms with Gasteiger partial charge in [0, 0.05) is 18.4 Å². The Morgan fingerprint density at radius 3 is 2.02 bits per heavy atom. The molecule has 0 radical (unpaired) electrons. The maximum absolute atomic E-state index is 13.6. The number of hydrogen-bond acceptors (Lipinski definition) is 15. The molecule has 2 heterocycles. The molecule has 3 aromatic rings. The molecule has 0 saturated carbocycles. The van der Waals surface area contributed by atoms with Crippen molar-refractivity contribution in [1.29, 1.82) is 0 Å². The van der Waals surface area contributed by atoms with Crippen LogP contribution in [0.5, 0.6) is 11.5 Å². The number of aliphatic hydroxyl groups is 3. The summed E-state index contributed by atoms with van der Waals surface area (Å²) in [6.45, 7) is 2.58. The predicted molar refractivity (Wildman–Crippen MR) is 212 cm³/mol. The number of esters is 1. The molecule has 0 unspecified atom stereocenters. The number of carbonyl (C=O) groups is 1. The molecule has 0 spiro atoms. The van der Waals surface area contributed by atoms with Crippen molar-refractivity contribution in [3.8, 4) is 11.5 Å². The van der Waals surface area contributed by atoms with Gasteiger partial charge in [-0.05, 0) is 62.2 Å². The third-order valence-electron chi connectivity index (χ3n) is 8.89. The van der Waals surface area contributed by atoms with E-state index in [4.69, 9.17) is 50.4 Å². The van der Waals surface area contributed by atoms with E-state index in [9.17, 15) is 46.6 Å². The molecule has 0 bridgehead atoms. The lowest BCUT2D eigenvalue weighted by Crippen LogP contribution is -2.59. The molecule has 0 amide bonds. The zero-order valence-corrected chi connectivity index (χ0v) is 35.3. The SMILES string of the molecule is O=C(CCOCCOCCOCCOCCn1cc(CCCCNC(=S)Nc2ccc(O[C@H]3O[C@H](CCP(=O)(O)O)[C@@H](O)[C@H](O)[C@@H]3O)cc2)nn1)Oc1c(F)c(F)c(F)c(F)c1F. The van der Waals surface area contributed by atoms with Crippen LogP contribution in [0.25, 0.3) is 0 Å². The molecule has 1 aliphatic rings. The molecule has 352 valence electrons. The normalized spacial score (nSPS) is 18.9. The molecule has 4 rings (SSSR count). The molecule has 0 aliphatic carbocycles. The van der Waals surface area contributed by atoms with Crippen LogP contribution in [0.15, 0.2) is 30.5 Å². The number of hydrogen-bond donors (Lipinski definition) is 7. The summed E-state index contributed by atoms with van der Waals surface area (Å²) in [5.41, 5.74) is 1.46. The Labute approximate surface area is 362 Å². The first kappa shape index (κ1) is 51.7. The molecule has 7 N–H and O–H groups in total. The van der Waals surface area contributed by atoms with Crippen LogP contribution < -0.4 is 20.1 Å². The van der Waals surface area contributed by atoms with E-state index in [2.05, 4.69) is 25.7 Å². The summed E-state index contributed by atoms with van der Waals surface area (Å²) in [4.78, 5) is 30.0. The Balaban J connectivity index is 0.955. The maximum Gasteiger partial charge on any atom is 0.325 e. The van der Waals surface area contributed by atoms with Gasteiger partial charge in [0.05, 0.1) is 83.8 Å². The maximum atomic E-state index is 13.6. The quantitative estimate of drug-likeness (QED) is 0.00844. The molecule has 19 nitrogen and oxygen atoms in total. The van der Waals surface area contributed by atoms with Gasteiger partial charge >= 0.3 is 13.6 Å². The molecule has 1 aliphatic heterocycles. The predicted octanol–water partition coefficient (Wildman–Crippen LogP) is 2.10. The number of aliphatic hydroxyl groups excluding tert-OH is 3. The van der Waals surface area contributed by atoms with Crippen molar-refractivity contribution >= 4 is 36.6 Å². The first-order valence-corrected chi connectivity index (χ1v) is 21.7. The Morgan fingerprint density at radius 1 is 0.810 bits per heavy atom. The van der Waals surface area contributed by atoms with Gasteiger partial charge in [0.25, 0.3) is 0 Å². The summed E-state index contributed by atoms with van der Waals surface area (Å²) in [6.07, 6.45) is -4.55. The Bertz CT molecular complexity index is 1930. The molecule has 5 atom stereocenters. The lowest BCUT2D eigenvalue weighted by atomic mass is 9.97. The van der Waals surface area contributed by atoms with Crippen LogP contribution in [0.2, 0.25) is 0 Å². The van der Waals surface area contributed by atoms with Gasteiger partial charge in [-0.15, -0.1) is 5.10 Å². The standard InChI is InChI=1S/C37H49F5N5O14PS/c38-27-28(39)30(41)35(31(42)29(27)40)61-26(48)8-12-55-14-16-57-18-19-58-17-15-56-13-11-47-21-23(45-46-47)3-1-2-10-43-37(63)44-22-4-6-24(7-5-22)59-36-34(51)33(50)32(49)25(60-36)9-20-62(52,53)54/h4-7,21,25,32-34,36,49-51H,1-3,8-20H2,(H2,43,44,63)(H2,52,53,54)/t25-,32-,33+,34+,36+/m1/s1. The van der Waals surface area contributed by atoms with Crippen molar-refractivity contribution in [1.82, 2.24) is 20.3 Å². The van der Waals surface area contributed by atoms with Crippen LogP contribution in [0.4, 0.5) is 27.6 Å². The Hall–Kier alpha value is -3.98. The first-order chi connectivity index (χ1) is 30.0. The fraction of sp³-hybridized carbons (Fsp3) is 0.568. The topological polar surface area (TPSA) is 255 Å². The fourth-order valence-corrected chi connectivity index (χ4v) is 6.39. The van der Waals surface area contributed by atoms with Crippen molar-refractivity contribution in [3.63, 3.8) is 0 Å². The van der Waals surface area contributed by atoms with Crippen molar-refractivity contribution in [2.45, 2.75) is 69.4 Å². The lowest BCUT2D eigenvalue weighted by Gasteiger charge is -2.40. The van der Waals surface area contributed by atoms with Crippen molar-refractivity contribution < 1.29 is 89.6 Å². The minimum Gasteiger partial charge on any atom is -0.462 e. The number of unbranched alkanes of at least 4 members (excludes halogenated alkanes) is 1. The number of aromatic nitrogens is 3. The van der Waals surface area contributed by atoms with Gasteiger partial charge in [0.1, 0.15) is 24.1 Å². The second kappa shape index (κ2) is 26.1. The van der Waals surface area contributed by atoms with Gasteiger partial charge in [-0.1, -0.05) is 5.21 Å². The van der Waals surface area contributed by atoms with E-state index in [1.54, 1.807) is 28.9 Å². The van der Waals surface area contributed by atoms with Crippen molar-refractivity contribution in [3.05, 3.63) is 65.2 Å². The number of benzene rings is 2. The van der Waals surface area contributed by atoms with Crippen LogP contribution in [-0.4, -0.2) is 147 Å². The monoisotopic (exact) mass is 945 g/mol. The van der Waals surface area contributed by atoms with Crippen LogP contribution in [0.3, 0.4) is 0 Å². The van der Waals surface area contributed by atoms with E-state index in [1.807, 2.05) is 6.20 Å². The molecule has 1 fully saturated rings. The van der Waals surface area contributed by atoms with Gasteiger partial charge in [0.15, 0.2) is 5.11 Å².